The van der Waals surface area contributed by atoms with Crippen molar-refractivity contribution in [3.05, 3.63) is 34.6 Å². The summed E-state index contributed by atoms with van der Waals surface area (Å²) in [5.74, 6) is -1.67. The van der Waals surface area contributed by atoms with Gasteiger partial charge in [-0.25, -0.2) is 4.39 Å². The Morgan fingerprint density at radius 2 is 2.06 bits per heavy atom. The van der Waals surface area contributed by atoms with E-state index in [1.165, 1.54) is 12.1 Å². The smallest absolute Gasteiger partial charge is 0.256 e. The van der Waals surface area contributed by atoms with Crippen LogP contribution in [0.4, 0.5) is 4.39 Å². The Hall–Kier alpha value is -1.42. The van der Waals surface area contributed by atoms with Crippen LogP contribution in [0.2, 0.25) is 5.02 Å². The van der Waals surface area contributed by atoms with E-state index in [0.29, 0.717) is 0 Å². The van der Waals surface area contributed by atoms with E-state index in [1.807, 2.05) is 0 Å². The van der Waals surface area contributed by atoms with Gasteiger partial charge < -0.3 is 5.32 Å². The Labute approximate surface area is 104 Å². The molecule has 0 saturated carbocycles. The number of Topliss-reactive ketones (excluding diaryl/α,β-unsaturated/α-hetero) is 1. The number of ketones is 1. The Kier molecular flexibility index (Phi) is 4.63. The number of carbonyl (C=O) groups is 2. The lowest BCUT2D eigenvalue weighted by Gasteiger charge is -2.08. The number of nitrogens with one attached hydrogen (secondary N) is 1. The second kappa shape index (κ2) is 5.77. The first-order valence-electron chi connectivity index (χ1n) is 5.18. The SMILES string of the molecule is CC(C)C(=O)CNC(=O)c1c(F)cccc1Cl. The van der Waals surface area contributed by atoms with Crippen molar-refractivity contribution in [1.82, 2.24) is 5.32 Å². The largest absolute Gasteiger partial charge is 0.345 e. The topological polar surface area (TPSA) is 46.2 Å². The molecule has 5 heteroatoms. The molecule has 0 aliphatic carbocycles. The zero-order chi connectivity index (χ0) is 13.0. The number of carbonyl (C=O) groups excluding carboxylic acids is 2. The van der Waals surface area contributed by atoms with Gasteiger partial charge in [0.1, 0.15) is 5.82 Å². The number of amides is 1. The lowest BCUT2D eigenvalue weighted by atomic mass is 10.1. The van der Waals surface area contributed by atoms with Gasteiger partial charge in [0.15, 0.2) is 5.78 Å². The van der Waals surface area contributed by atoms with Crippen molar-refractivity contribution in [2.24, 2.45) is 5.92 Å². The van der Waals surface area contributed by atoms with Crippen LogP contribution in [0.15, 0.2) is 18.2 Å². The molecule has 0 aliphatic heterocycles. The molecular weight excluding hydrogens is 245 g/mol. The van der Waals surface area contributed by atoms with Gasteiger partial charge in [-0.1, -0.05) is 31.5 Å². The first-order valence-corrected chi connectivity index (χ1v) is 5.56. The van der Waals surface area contributed by atoms with Gasteiger partial charge in [-0.3, -0.25) is 9.59 Å². The fourth-order valence-electron chi connectivity index (χ4n) is 1.17. The van der Waals surface area contributed by atoms with Crippen molar-refractivity contribution in [3.63, 3.8) is 0 Å². The molecule has 1 amide bonds. The van der Waals surface area contributed by atoms with Crippen LogP contribution in [0, 0.1) is 11.7 Å². The molecule has 0 bridgehead atoms. The van der Waals surface area contributed by atoms with Crippen molar-refractivity contribution in [1.29, 1.82) is 0 Å². The summed E-state index contributed by atoms with van der Waals surface area (Å²) >= 11 is 5.72. The van der Waals surface area contributed by atoms with Crippen LogP contribution in [0.3, 0.4) is 0 Å². The standard InChI is InChI=1S/C12H13ClFNO2/c1-7(2)10(16)6-15-12(17)11-8(13)4-3-5-9(11)14/h3-5,7H,6H2,1-2H3,(H,15,17). The first-order chi connectivity index (χ1) is 7.93. The minimum absolute atomic E-state index is 0.0273. The van der Waals surface area contributed by atoms with Crippen LogP contribution in [-0.2, 0) is 4.79 Å². The second-order valence-electron chi connectivity index (χ2n) is 3.90. The molecule has 92 valence electrons. The molecule has 0 aromatic heterocycles. The third-order valence-electron chi connectivity index (χ3n) is 2.26. The van der Waals surface area contributed by atoms with Crippen LogP contribution >= 0.6 is 11.6 Å². The van der Waals surface area contributed by atoms with Gasteiger partial charge in [-0.15, -0.1) is 0 Å². The molecule has 0 saturated heterocycles. The van der Waals surface area contributed by atoms with Crippen LogP contribution in [0.5, 0.6) is 0 Å². The van der Waals surface area contributed by atoms with E-state index in [9.17, 15) is 14.0 Å². The maximum Gasteiger partial charge on any atom is 0.256 e. The molecule has 1 aromatic rings. The summed E-state index contributed by atoms with van der Waals surface area (Å²) in [4.78, 5) is 22.9. The number of halogens is 2. The van der Waals surface area contributed by atoms with Gasteiger partial charge in [0.25, 0.3) is 5.91 Å². The molecule has 0 fully saturated rings. The Morgan fingerprint density at radius 3 is 2.59 bits per heavy atom. The molecule has 1 rings (SSSR count). The lowest BCUT2D eigenvalue weighted by Crippen LogP contribution is -2.32. The number of hydrogen-bond donors (Lipinski definition) is 1. The normalized spacial score (nSPS) is 10.4. The van der Waals surface area contributed by atoms with Gasteiger partial charge in [0, 0.05) is 5.92 Å². The predicted molar refractivity (Wildman–Crippen MR) is 63.6 cm³/mol. The summed E-state index contributed by atoms with van der Waals surface area (Å²) in [6.07, 6.45) is 0. The van der Waals surface area contributed by atoms with Gasteiger partial charge in [0.05, 0.1) is 17.1 Å². The molecular formula is C12H13ClFNO2. The molecule has 0 atom stereocenters. The minimum Gasteiger partial charge on any atom is -0.345 e. The summed E-state index contributed by atoms with van der Waals surface area (Å²) in [5.41, 5.74) is -0.231. The monoisotopic (exact) mass is 257 g/mol. The van der Waals surface area contributed by atoms with E-state index < -0.39 is 11.7 Å². The zero-order valence-corrected chi connectivity index (χ0v) is 10.3. The molecule has 0 unspecified atom stereocenters. The summed E-state index contributed by atoms with van der Waals surface area (Å²) < 4.78 is 13.4. The number of rotatable bonds is 4. The minimum atomic E-state index is -0.702. The third-order valence-corrected chi connectivity index (χ3v) is 2.57. The van der Waals surface area contributed by atoms with Crippen molar-refractivity contribution >= 4 is 23.3 Å². The molecule has 3 nitrogen and oxygen atoms in total. The number of hydrogen-bond acceptors (Lipinski definition) is 2. The lowest BCUT2D eigenvalue weighted by molar-refractivity contribution is -0.120. The molecule has 0 aliphatic rings. The molecule has 0 radical (unpaired) electrons. The molecule has 0 heterocycles. The van der Waals surface area contributed by atoms with Crippen molar-refractivity contribution in [2.45, 2.75) is 13.8 Å². The summed E-state index contributed by atoms with van der Waals surface area (Å²) in [6, 6.07) is 3.97. The maximum absolute atomic E-state index is 13.4. The van der Waals surface area contributed by atoms with Crippen LogP contribution in [0.1, 0.15) is 24.2 Å². The van der Waals surface area contributed by atoms with Crippen LogP contribution in [0.25, 0.3) is 0 Å². The highest BCUT2D eigenvalue weighted by Gasteiger charge is 2.16. The Bertz CT molecular complexity index is 426. The summed E-state index contributed by atoms with van der Waals surface area (Å²) in [6.45, 7) is 3.33. The van der Waals surface area contributed by atoms with Gasteiger partial charge in [0.2, 0.25) is 0 Å². The highest BCUT2D eigenvalue weighted by molar-refractivity contribution is 6.33. The summed E-state index contributed by atoms with van der Waals surface area (Å²) in [7, 11) is 0. The van der Waals surface area contributed by atoms with Crippen molar-refractivity contribution in [3.8, 4) is 0 Å². The fraction of sp³-hybridized carbons (Fsp3) is 0.333. The maximum atomic E-state index is 13.4. The van der Waals surface area contributed by atoms with E-state index in [0.717, 1.165) is 6.07 Å². The van der Waals surface area contributed by atoms with E-state index in [2.05, 4.69) is 5.32 Å². The van der Waals surface area contributed by atoms with Crippen molar-refractivity contribution in [2.75, 3.05) is 6.54 Å². The Balaban J connectivity index is 2.74. The van der Waals surface area contributed by atoms with Crippen molar-refractivity contribution < 1.29 is 14.0 Å². The number of benzene rings is 1. The Morgan fingerprint density at radius 1 is 1.41 bits per heavy atom. The van der Waals surface area contributed by atoms with Gasteiger partial charge in [-0.2, -0.15) is 0 Å². The first kappa shape index (κ1) is 13.6. The average Bonchev–Trinajstić information content (AvgIpc) is 2.25. The second-order valence-corrected chi connectivity index (χ2v) is 4.31. The molecule has 1 N–H and O–H groups in total. The predicted octanol–water partition coefficient (Wildman–Crippen LogP) is 2.43. The quantitative estimate of drug-likeness (QED) is 0.901. The van der Waals surface area contributed by atoms with E-state index in [-0.39, 0.29) is 28.8 Å². The van der Waals surface area contributed by atoms with Gasteiger partial charge in [-0.05, 0) is 12.1 Å². The van der Waals surface area contributed by atoms with Crippen LogP contribution < -0.4 is 5.32 Å². The van der Waals surface area contributed by atoms with E-state index in [1.54, 1.807) is 13.8 Å². The highest BCUT2D eigenvalue weighted by Crippen LogP contribution is 2.18. The third kappa shape index (κ3) is 3.53. The van der Waals surface area contributed by atoms with E-state index in [4.69, 9.17) is 11.6 Å². The fourth-order valence-corrected chi connectivity index (χ4v) is 1.42. The zero-order valence-electron chi connectivity index (χ0n) is 9.59. The van der Waals surface area contributed by atoms with Crippen LogP contribution in [-0.4, -0.2) is 18.2 Å². The highest BCUT2D eigenvalue weighted by atomic mass is 35.5. The molecule has 1 aromatic carbocycles. The van der Waals surface area contributed by atoms with Gasteiger partial charge >= 0.3 is 0 Å². The van der Waals surface area contributed by atoms with E-state index >= 15 is 0 Å². The molecule has 17 heavy (non-hydrogen) atoms. The summed E-state index contributed by atoms with van der Waals surface area (Å²) in [5, 5.41) is 2.38. The molecule has 0 spiro atoms. The average molecular weight is 258 g/mol.